The summed E-state index contributed by atoms with van der Waals surface area (Å²) in [6, 6.07) is 0. The third-order valence-electron chi connectivity index (χ3n) is 5.06. The second kappa shape index (κ2) is 16.6. The smallest absolute Gasteiger partial charge is 0.0881 e. The first-order valence-corrected chi connectivity index (χ1v) is 10.6. The summed E-state index contributed by atoms with van der Waals surface area (Å²) in [5.41, 5.74) is 0. The summed E-state index contributed by atoms with van der Waals surface area (Å²) in [6.07, 6.45) is 31.4. The van der Waals surface area contributed by atoms with Crippen LogP contribution in [0.4, 0.5) is 0 Å². The molecule has 2 aliphatic carbocycles. The molecule has 0 amide bonds. The average Bonchev–Trinajstić information content (AvgIpc) is 3.29. The van der Waals surface area contributed by atoms with E-state index in [1.54, 1.807) is 0 Å². The molecule has 26 heavy (non-hydrogen) atoms. The van der Waals surface area contributed by atoms with Gasteiger partial charge in [-0.2, -0.15) is 0 Å². The fraction of sp³-hybridized carbons (Fsp3) is 0.667. The van der Waals surface area contributed by atoms with Crippen molar-refractivity contribution in [3.63, 3.8) is 0 Å². The van der Waals surface area contributed by atoms with Crippen molar-refractivity contribution in [2.75, 3.05) is 27.2 Å². The third-order valence-corrected chi connectivity index (χ3v) is 5.06. The van der Waals surface area contributed by atoms with Gasteiger partial charge in [0.1, 0.15) is 0 Å². The number of unbranched alkanes of at least 4 members (excludes halogenated alkanes) is 8. The second-order valence-corrected chi connectivity index (χ2v) is 8.20. The van der Waals surface area contributed by atoms with Gasteiger partial charge in [-0.15, -0.1) is 0 Å². The molecule has 0 N–H and O–H groups in total. The van der Waals surface area contributed by atoms with Crippen LogP contribution in [0.1, 0.15) is 71.1 Å². The Hall–Kier alpha value is -0.561. The van der Waals surface area contributed by atoms with Gasteiger partial charge < -0.3 is 4.48 Å². The van der Waals surface area contributed by atoms with E-state index < -0.39 is 0 Å². The van der Waals surface area contributed by atoms with Crippen molar-refractivity contribution >= 4 is 0 Å². The quantitative estimate of drug-likeness (QED) is 0.191. The van der Waals surface area contributed by atoms with Gasteiger partial charge in [-0.05, 0) is 19.3 Å². The molecule has 2 rings (SSSR count). The van der Waals surface area contributed by atoms with Gasteiger partial charge in [-0.1, -0.05) is 100 Å². The summed E-state index contributed by atoms with van der Waals surface area (Å²) < 4.78 is 1.16. The molecule has 0 atom stereocenters. The second-order valence-electron chi connectivity index (χ2n) is 8.20. The maximum Gasteiger partial charge on any atom is 0.0881 e. The first-order valence-electron chi connectivity index (χ1n) is 10.6. The average molecular weight is 400 g/mol. The molecule has 0 unspecified atom stereocenters. The van der Waals surface area contributed by atoms with Crippen LogP contribution in [0.3, 0.4) is 0 Å². The maximum atomic E-state index is 2.38. The van der Waals surface area contributed by atoms with E-state index in [-0.39, 0.29) is 17.1 Å². The Labute approximate surface area is 174 Å². The molecule has 150 valence electrons. The third kappa shape index (κ3) is 14.6. The van der Waals surface area contributed by atoms with Crippen molar-refractivity contribution < 1.29 is 21.6 Å². The molecule has 1 nitrogen and oxygen atoms in total. The molecule has 0 radical (unpaired) electrons. The van der Waals surface area contributed by atoms with Gasteiger partial charge in [0, 0.05) is 23.0 Å². The molecule has 0 bridgehead atoms. The van der Waals surface area contributed by atoms with E-state index in [1.807, 2.05) is 0 Å². The van der Waals surface area contributed by atoms with E-state index in [9.17, 15) is 0 Å². The fourth-order valence-electron chi connectivity index (χ4n) is 3.50. The topological polar surface area (TPSA) is 0 Å². The molecular weight excluding hydrogens is 358 g/mol. The molecule has 0 aromatic rings. The van der Waals surface area contributed by atoms with Crippen molar-refractivity contribution in [3.8, 4) is 0 Å². The molecule has 0 aromatic heterocycles. The van der Waals surface area contributed by atoms with Crippen LogP contribution < -0.4 is 0 Å². The van der Waals surface area contributed by atoms with Crippen molar-refractivity contribution in [1.29, 1.82) is 0 Å². The van der Waals surface area contributed by atoms with Gasteiger partial charge >= 0.3 is 0 Å². The van der Waals surface area contributed by atoms with E-state index in [0.29, 0.717) is 5.92 Å². The number of allylic oxidation sites excluding steroid dienone is 6. The van der Waals surface area contributed by atoms with Crippen LogP contribution in [0, 0.1) is 5.92 Å². The molecule has 0 saturated carbocycles. The van der Waals surface area contributed by atoms with Crippen molar-refractivity contribution in [1.82, 2.24) is 0 Å². The van der Waals surface area contributed by atoms with Crippen LogP contribution in [0.2, 0.25) is 0 Å². The summed E-state index contributed by atoms with van der Waals surface area (Å²) in [7, 11) is 4.76. The molecule has 0 spiro atoms. The number of hydrogen-bond donors (Lipinski definition) is 0. The zero-order valence-corrected chi connectivity index (χ0v) is 18.6. The Kier molecular flexibility index (Phi) is 16.2. The van der Waals surface area contributed by atoms with Gasteiger partial charge in [-0.25, -0.2) is 0 Å². The largest absolute Gasteiger partial charge is 0.328 e. The van der Waals surface area contributed by atoms with Crippen molar-refractivity contribution in [2.45, 2.75) is 71.1 Å². The summed E-state index contributed by atoms with van der Waals surface area (Å²) in [6.45, 7) is 4.87. The minimum atomic E-state index is 0. The number of hydrogen-bond acceptors (Lipinski definition) is 0. The maximum absolute atomic E-state index is 2.38. The standard InChI is InChI=1S/C19H36N.C5H6.Fe/c1-4-5-6-7-8-9-10-11-14-17-20(2,3)18-19-15-12-13-16-19;1-2-4-5-3-1;/h12-13,15-16,19H,4-11,14,17-18H2,1-3H3;1-4H,5H2;/q+1;;. The number of rotatable bonds is 12. The number of nitrogens with zero attached hydrogens (tertiary/aromatic N) is 1. The van der Waals surface area contributed by atoms with E-state index in [1.165, 1.54) is 70.9 Å². The van der Waals surface area contributed by atoms with Gasteiger partial charge in [0.2, 0.25) is 0 Å². The Bertz CT molecular complexity index is 409. The zero-order valence-electron chi connectivity index (χ0n) is 17.5. The summed E-state index contributed by atoms with van der Waals surface area (Å²) in [5, 5.41) is 0. The minimum Gasteiger partial charge on any atom is -0.328 e. The minimum absolute atomic E-state index is 0. The van der Waals surface area contributed by atoms with E-state index >= 15 is 0 Å². The Morgan fingerprint density at radius 3 is 1.69 bits per heavy atom. The van der Waals surface area contributed by atoms with Crippen LogP contribution in [0.15, 0.2) is 48.6 Å². The number of quaternary nitrogens is 1. The monoisotopic (exact) mass is 400 g/mol. The molecule has 2 aliphatic rings. The van der Waals surface area contributed by atoms with Crippen molar-refractivity contribution in [2.24, 2.45) is 5.92 Å². The van der Waals surface area contributed by atoms with Crippen LogP contribution in [0.25, 0.3) is 0 Å². The first-order chi connectivity index (χ1) is 12.1. The molecule has 0 saturated heterocycles. The molecule has 0 heterocycles. The summed E-state index contributed by atoms with van der Waals surface area (Å²) >= 11 is 0. The molecular formula is C24H42FeN+. The summed E-state index contributed by atoms with van der Waals surface area (Å²) in [5.74, 6) is 0.670. The van der Waals surface area contributed by atoms with Crippen molar-refractivity contribution in [3.05, 3.63) is 48.6 Å². The zero-order chi connectivity index (χ0) is 18.2. The van der Waals surface area contributed by atoms with Gasteiger partial charge in [0.15, 0.2) is 0 Å². The Morgan fingerprint density at radius 1 is 0.731 bits per heavy atom. The van der Waals surface area contributed by atoms with E-state index in [0.717, 1.165) is 10.9 Å². The SMILES string of the molecule is C1=CCC=C1.CCCCCCCCCCC[N+](C)(C)CC1C=CC=C1.[Fe]. The fourth-order valence-corrected chi connectivity index (χ4v) is 3.50. The van der Waals surface area contributed by atoms with Crippen LogP contribution in [0.5, 0.6) is 0 Å². The molecule has 0 aliphatic heterocycles. The van der Waals surface area contributed by atoms with E-state index in [2.05, 4.69) is 69.6 Å². The molecule has 2 heteroatoms. The summed E-state index contributed by atoms with van der Waals surface area (Å²) in [4.78, 5) is 0. The predicted octanol–water partition coefficient (Wildman–Crippen LogP) is 6.84. The van der Waals surface area contributed by atoms with Gasteiger partial charge in [0.25, 0.3) is 0 Å². The van der Waals surface area contributed by atoms with E-state index in [4.69, 9.17) is 0 Å². The van der Waals surface area contributed by atoms with Crippen LogP contribution >= 0.6 is 0 Å². The van der Waals surface area contributed by atoms with Gasteiger partial charge in [-0.3, -0.25) is 0 Å². The normalized spacial score (nSPS) is 15.2. The Morgan fingerprint density at radius 2 is 1.23 bits per heavy atom. The predicted molar refractivity (Wildman–Crippen MR) is 114 cm³/mol. The first kappa shape index (κ1) is 25.4. The van der Waals surface area contributed by atoms with Crippen LogP contribution in [-0.4, -0.2) is 31.7 Å². The van der Waals surface area contributed by atoms with Gasteiger partial charge in [0.05, 0.1) is 27.2 Å². The molecule has 0 aromatic carbocycles. The Balaban J connectivity index is 0.000000893. The molecule has 0 fully saturated rings. The van der Waals surface area contributed by atoms with Crippen LogP contribution in [-0.2, 0) is 17.1 Å².